The maximum atomic E-state index is 6.73. The summed E-state index contributed by atoms with van der Waals surface area (Å²) in [7, 11) is 0. The van der Waals surface area contributed by atoms with Crippen molar-refractivity contribution in [2.75, 3.05) is 0 Å². The zero-order valence-corrected chi connectivity index (χ0v) is 30.7. The molecule has 2 N–H and O–H groups in total. The van der Waals surface area contributed by atoms with Crippen LogP contribution in [0.2, 0.25) is 0 Å². The van der Waals surface area contributed by atoms with Gasteiger partial charge >= 0.3 is 0 Å². The zero-order valence-electron chi connectivity index (χ0n) is 30.7. The Hall–Kier alpha value is -6.96. The van der Waals surface area contributed by atoms with Gasteiger partial charge in [-0.1, -0.05) is 152 Å². The van der Waals surface area contributed by atoms with E-state index in [0.717, 1.165) is 28.5 Å². The first-order valence-electron chi connectivity index (χ1n) is 19.2. The van der Waals surface area contributed by atoms with Crippen molar-refractivity contribution in [3.8, 4) is 55.6 Å². The zero-order chi connectivity index (χ0) is 36.8. The smallest absolute Gasteiger partial charge is 0.0387 e. The molecule has 0 radical (unpaired) electrons. The van der Waals surface area contributed by atoms with Crippen molar-refractivity contribution in [1.29, 1.82) is 0 Å². The Balaban J connectivity index is 1.34. The molecule has 0 fully saturated rings. The van der Waals surface area contributed by atoms with Gasteiger partial charge in [0.25, 0.3) is 0 Å². The van der Waals surface area contributed by atoms with Crippen LogP contribution in [0.4, 0.5) is 0 Å². The van der Waals surface area contributed by atoms with Crippen molar-refractivity contribution in [1.82, 2.24) is 0 Å². The predicted molar refractivity (Wildman–Crippen MR) is 237 cm³/mol. The lowest BCUT2D eigenvalue weighted by Gasteiger charge is -2.23. The third-order valence-electron chi connectivity index (χ3n) is 12.0. The first-order valence-corrected chi connectivity index (χ1v) is 19.2. The van der Waals surface area contributed by atoms with Gasteiger partial charge in [0.1, 0.15) is 0 Å². The Bertz CT molecular complexity index is 3300. The molecular formula is C54H37N. The van der Waals surface area contributed by atoms with Crippen molar-refractivity contribution in [2.45, 2.75) is 13.3 Å². The van der Waals surface area contributed by atoms with Crippen molar-refractivity contribution >= 4 is 61.4 Å². The van der Waals surface area contributed by atoms with Crippen LogP contribution < -0.4 is 16.2 Å². The van der Waals surface area contributed by atoms with E-state index in [-0.39, 0.29) is 0 Å². The quantitative estimate of drug-likeness (QED) is 0.144. The van der Waals surface area contributed by atoms with Crippen LogP contribution in [-0.4, -0.2) is 0 Å². The van der Waals surface area contributed by atoms with Crippen LogP contribution in [0, 0.1) is 0 Å². The topological polar surface area (TPSA) is 26.0 Å². The van der Waals surface area contributed by atoms with E-state index in [1.807, 2.05) is 25.2 Å². The molecule has 9 aromatic rings. The van der Waals surface area contributed by atoms with E-state index in [9.17, 15) is 0 Å². The first-order chi connectivity index (χ1) is 27.1. The van der Waals surface area contributed by atoms with Gasteiger partial charge in [0.15, 0.2) is 0 Å². The molecule has 0 unspecified atom stereocenters. The van der Waals surface area contributed by atoms with Crippen LogP contribution in [0.25, 0.3) is 117 Å². The van der Waals surface area contributed by atoms with Gasteiger partial charge in [0, 0.05) is 5.70 Å². The van der Waals surface area contributed by atoms with E-state index >= 15 is 0 Å². The van der Waals surface area contributed by atoms with E-state index in [2.05, 4.69) is 152 Å². The second-order valence-corrected chi connectivity index (χ2v) is 15.0. The molecule has 1 heteroatoms. The SMILES string of the molecule is C=c1c2ccc3ccc4ccc/c(c4c13)=C/Cc1cc3c(-c4ccccc4)c4c(c(-c5cccc(/C(N)=C/C=C\C)c5)c3cc1-2)-c1cccc2cccc-4c12. The minimum Gasteiger partial charge on any atom is -0.398 e. The summed E-state index contributed by atoms with van der Waals surface area (Å²) in [5, 5.41) is 12.4. The molecule has 11 rings (SSSR count). The van der Waals surface area contributed by atoms with Gasteiger partial charge in [-0.2, -0.15) is 0 Å². The third kappa shape index (κ3) is 4.60. The third-order valence-corrected chi connectivity index (χ3v) is 12.0. The van der Waals surface area contributed by atoms with Crippen molar-refractivity contribution in [3.05, 3.63) is 185 Å². The van der Waals surface area contributed by atoms with Gasteiger partial charge in [-0.25, -0.2) is 0 Å². The highest BCUT2D eigenvalue weighted by molar-refractivity contribution is 6.28. The Morgan fingerprint density at radius 3 is 1.95 bits per heavy atom. The van der Waals surface area contributed by atoms with Crippen LogP contribution in [0.3, 0.4) is 0 Å². The molecule has 258 valence electrons. The van der Waals surface area contributed by atoms with Gasteiger partial charge in [0.05, 0.1) is 0 Å². The Morgan fingerprint density at radius 1 is 0.545 bits per heavy atom. The summed E-state index contributed by atoms with van der Waals surface area (Å²) in [6.45, 7) is 6.85. The molecule has 0 saturated carbocycles. The molecule has 55 heavy (non-hydrogen) atoms. The normalized spacial score (nSPS) is 13.7. The largest absolute Gasteiger partial charge is 0.398 e. The number of rotatable bonds is 4. The number of fused-ring (bicyclic) bond motifs is 7. The lowest BCUT2D eigenvalue weighted by atomic mass is 9.80. The molecular weight excluding hydrogens is 663 g/mol. The summed E-state index contributed by atoms with van der Waals surface area (Å²) in [4.78, 5) is 0. The standard InChI is InChI=1S/C54H37N/c1-3-4-22-47(55)39-18-9-19-40(29-39)52-46-31-44-38(26-25-36-15-8-14-35-23-24-37-27-28-41(44)32(2)48(37)49(35)36)30-45(46)51(34-12-6-5-7-13-34)53-42-20-10-16-33-17-11-21-43(50(33)42)54(52)53/h3-25,27-31H,2,26,55H2,1H3/b4-3-,36-25-,47-22-. The van der Waals surface area contributed by atoms with Gasteiger partial charge in [-0.3, -0.25) is 0 Å². The van der Waals surface area contributed by atoms with Crippen molar-refractivity contribution in [3.63, 3.8) is 0 Å². The van der Waals surface area contributed by atoms with Gasteiger partial charge in [0.2, 0.25) is 0 Å². The molecule has 9 aromatic carbocycles. The number of hydrogen-bond acceptors (Lipinski definition) is 1. The minimum atomic E-state index is 0.743. The molecule has 0 atom stereocenters. The highest BCUT2D eigenvalue weighted by Crippen LogP contribution is 2.58. The van der Waals surface area contributed by atoms with Crippen LogP contribution in [0.5, 0.6) is 0 Å². The average molecular weight is 700 g/mol. The van der Waals surface area contributed by atoms with Crippen LogP contribution in [-0.2, 0) is 6.42 Å². The van der Waals surface area contributed by atoms with Crippen molar-refractivity contribution in [2.24, 2.45) is 5.73 Å². The first kappa shape index (κ1) is 31.6. The summed E-state index contributed by atoms with van der Waals surface area (Å²) < 4.78 is 0. The van der Waals surface area contributed by atoms with E-state index in [1.54, 1.807) is 0 Å². The maximum absolute atomic E-state index is 6.73. The fraction of sp³-hybridized carbons (Fsp3) is 0.0370. The molecule has 0 heterocycles. The highest BCUT2D eigenvalue weighted by atomic mass is 14.6. The summed E-state index contributed by atoms with van der Waals surface area (Å²) in [6, 6.07) is 54.1. The number of nitrogens with two attached hydrogens (primary N) is 1. The molecule has 2 aliphatic rings. The van der Waals surface area contributed by atoms with Gasteiger partial charge in [-0.15, -0.1) is 0 Å². The monoisotopic (exact) mass is 699 g/mol. The summed E-state index contributed by atoms with van der Waals surface area (Å²) in [5.74, 6) is 0. The van der Waals surface area contributed by atoms with E-state index in [0.29, 0.717) is 0 Å². The fourth-order valence-corrected chi connectivity index (χ4v) is 9.59. The molecule has 0 saturated heterocycles. The summed E-state index contributed by atoms with van der Waals surface area (Å²) in [6.07, 6.45) is 9.24. The maximum Gasteiger partial charge on any atom is 0.0387 e. The molecule has 1 nitrogen and oxygen atoms in total. The second kappa shape index (κ2) is 12.0. The molecule has 2 bridgehead atoms. The molecule has 2 aliphatic carbocycles. The lowest BCUT2D eigenvalue weighted by Crippen LogP contribution is -2.09. The fourth-order valence-electron chi connectivity index (χ4n) is 9.59. The Labute approximate surface area is 320 Å². The number of benzene rings is 9. The molecule has 0 spiro atoms. The lowest BCUT2D eigenvalue weighted by molar-refractivity contribution is 1.34. The van der Waals surface area contributed by atoms with E-state index < -0.39 is 0 Å². The van der Waals surface area contributed by atoms with Gasteiger partial charge < -0.3 is 5.73 Å². The average Bonchev–Trinajstić information content (AvgIpc) is 3.56. The number of allylic oxidation sites excluding steroid dienone is 3. The minimum absolute atomic E-state index is 0.743. The van der Waals surface area contributed by atoms with Crippen LogP contribution in [0.15, 0.2) is 164 Å². The number of hydrogen-bond donors (Lipinski definition) is 1. The molecule has 0 amide bonds. The summed E-state index contributed by atoms with van der Waals surface area (Å²) >= 11 is 0. The van der Waals surface area contributed by atoms with Crippen LogP contribution in [0.1, 0.15) is 18.1 Å². The highest BCUT2D eigenvalue weighted by Gasteiger charge is 2.31. The predicted octanol–water partition coefficient (Wildman–Crippen LogP) is 12.6. The Kier molecular flexibility index (Phi) is 6.90. The second-order valence-electron chi connectivity index (χ2n) is 15.0. The van der Waals surface area contributed by atoms with E-state index in [4.69, 9.17) is 12.3 Å². The Morgan fingerprint density at radius 2 is 1.18 bits per heavy atom. The molecule has 0 aliphatic heterocycles. The summed E-state index contributed by atoms with van der Waals surface area (Å²) in [5.41, 5.74) is 22.2. The molecule has 0 aromatic heterocycles. The van der Waals surface area contributed by atoms with Crippen molar-refractivity contribution < 1.29 is 0 Å². The van der Waals surface area contributed by atoms with Crippen LogP contribution >= 0.6 is 0 Å². The van der Waals surface area contributed by atoms with E-state index in [1.165, 1.54) is 104 Å². The van der Waals surface area contributed by atoms with Gasteiger partial charge in [-0.05, 0) is 158 Å².